The molecule has 0 unspecified atom stereocenters. The highest BCUT2D eigenvalue weighted by Crippen LogP contribution is 2.51. The van der Waals surface area contributed by atoms with Crippen LogP contribution in [0.15, 0.2) is 60.2 Å². The van der Waals surface area contributed by atoms with E-state index >= 15 is 0 Å². The van der Waals surface area contributed by atoms with Gasteiger partial charge in [0.05, 0.1) is 32.3 Å². The first kappa shape index (κ1) is 30.1. The van der Waals surface area contributed by atoms with Crippen molar-refractivity contribution >= 4 is 31.8 Å². The van der Waals surface area contributed by atoms with Gasteiger partial charge in [0.25, 0.3) is 0 Å². The quantitative estimate of drug-likeness (QED) is 0.203. The molecular formula is C27H29ClO9S2. The average molecular weight is 597 g/mol. The van der Waals surface area contributed by atoms with E-state index in [0.717, 1.165) is 18.1 Å². The third kappa shape index (κ3) is 8.04. The zero-order valence-corrected chi connectivity index (χ0v) is 24.7. The van der Waals surface area contributed by atoms with E-state index in [1.165, 1.54) is 26.4 Å². The van der Waals surface area contributed by atoms with Crippen molar-refractivity contribution in [2.24, 2.45) is 0 Å². The molecule has 0 aliphatic rings. The first-order chi connectivity index (χ1) is 18.2. The maximum Gasteiger partial charge on any atom is 0.306 e. The van der Waals surface area contributed by atoms with E-state index in [1.54, 1.807) is 36.4 Å². The zero-order chi connectivity index (χ0) is 29.0. The van der Waals surface area contributed by atoms with Crippen LogP contribution in [0.5, 0.6) is 28.7 Å². The molecule has 0 aliphatic carbocycles. The molecule has 0 atom stereocenters. The molecule has 39 heavy (non-hydrogen) atoms. The molecule has 0 fully saturated rings. The van der Waals surface area contributed by atoms with E-state index in [-0.39, 0.29) is 40.9 Å². The van der Waals surface area contributed by atoms with Crippen LogP contribution in [0.1, 0.15) is 13.8 Å². The molecule has 0 saturated heterocycles. The number of methoxy groups -OCH3 is 2. The monoisotopic (exact) mass is 596 g/mol. The summed E-state index contributed by atoms with van der Waals surface area (Å²) in [5, 5.41) is 0.513. The van der Waals surface area contributed by atoms with Gasteiger partial charge in [-0.1, -0.05) is 35.4 Å². The predicted molar refractivity (Wildman–Crippen MR) is 151 cm³/mol. The van der Waals surface area contributed by atoms with E-state index in [9.17, 15) is 16.8 Å². The molecule has 3 aromatic carbocycles. The topological polar surface area (TPSA) is 114 Å². The lowest BCUT2D eigenvalue weighted by Gasteiger charge is -2.21. The largest absolute Gasteiger partial charge is 0.496 e. The van der Waals surface area contributed by atoms with Crippen LogP contribution in [0.3, 0.4) is 0 Å². The summed E-state index contributed by atoms with van der Waals surface area (Å²) in [5.41, 5.74) is 2.65. The van der Waals surface area contributed by atoms with Crippen LogP contribution in [0.2, 0.25) is 5.02 Å². The smallest absolute Gasteiger partial charge is 0.306 e. The van der Waals surface area contributed by atoms with Crippen LogP contribution in [0, 0.1) is 0 Å². The summed E-state index contributed by atoms with van der Waals surface area (Å²) in [6, 6.07) is 13.0. The van der Waals surface area contributed by atoms with Gasteiger partial charge in [-0.3, -0.25) is 0 Å². The lowest BCUT2D eigenvalue weighted by molar-refractivity contribution is 0.347. The number of rotatable bonds is 11. The van der Waals surface area contributed by atoms with Crippen molar-refractivity contribution in [1.29, 1.82) is 0 Å². The predicted octanol–water partition coefficient (Wildman–Crippen LogP) is 5.71. The summed E-state index contributed by atoms with van der Waals surface area (Å²) in [6.45, 7) is 3.98. The fraction of sp³-hybridized carbons (Fsp3) is 0.259. The second-order valence-electron chi connectivity index (χ2n) is 8.70. The van der Waals surface area contributed by atoms with E-state index in [2.05, 4.69) is 0 Å². The third-order valence-corrected chi connectivity index (χ3v) is 6.42. The van der Waals surface area contributed by atoms with Gasteiger partial charge in [-0.15, -0.1) is 0 Å². The van der Waals surface area contributed by atoms with Crippen molar-refractivity contribution in [3.05, 3.63) is 65.2 Å². The summed E-state index contributed by atoms with van der Waals surface area (Å²) < 4.78 is 76.5. The average Bonchev–Trinajstić information content (AvgIpc) is 2.82. The van der Waals surface area contributed by atoms with Crippen LogP contribution in [-0.2, 0) is 20.2 Å². The molecule has 0 spiro atoms. The van der Waals surface area contributed by atoms with Gasteiger partial charge in [0.2, 0.25) is 0 Å². The Balaban J connectivity index is 2.33. The molecule has 12 heteroatoms. The lowest BCUT2D eigenvalue weighted by atomic mass is 9.96. The van der Waals surface area contributed by atoms with Gasteiger partial charge in [0.15, 0.2) is 23.0 Å². The number of allylic oxidation sites excluding steroid dienone is 1. The Bertz CT molecular complexity index is 1590. The van der Waals surface area contributed by atoms with Crippen LogP contribution >= 0.6 is 11.6 Å². The summed E-state index contributed by atoms with van der Waals surface area (Å²) in [7, 11) is -5.21. The second kappa shape index (κ2) is 12.2. The minimum atomic E-state index is -4.05. The minimum absolute atomic E-state index is 0.105. The minimum Gasteiger partial charge on any atom is -0.496 e. The maximum absolute atomic E-state index is 12.4. The van der Waals surface area contributed by atoms with Gasteiger partial charge in [-0.2, -0.15) is 16.8 Å². The molecule has 0 radical (unpaired) electrons. The Morgan fingerprint density at radius 1 is 0.769 bits per heavy atom. The Morgan fingerprint density at radius 3 is 1.92 bits per heavy atom. The summed E-state index contributed by atoms with van der Waals surface area (Å²) in [6.07, 6.45) is 3.62. The van der Waals surface area contributed by atoms with Crippen LogP contribution in [0.4, 0.5) is 0 Å². The molecule has 0 bridgehead atoms. The molecule has 210 valence electrons. The number of hydrogen-bond donors (Lipinski definition) is 0. The Labute approximate surface area is 234 Å². The fourth-order valence-corrected chi connectivity index (χ4v) is 4.68. The van der Waals surface area contributed by atoms with Crippen molar-refractivity contribution in [3.63, 3.8) is 0 Å². The number of halogens is 1. The summed E-state index contributed by atoms with van der Waals surface area (Å²) in [5.74, 6) is 0.227. The van der Waals surface area contributed by atoms with E-state index in [0.29, 0.717) is 21.7 Å². The SMILES string of the molecule is COc1cc(-c2ccc(Cl)cc2)c(OC)c(OS(C)(=O)=O)c1-c1ccc(OCC=C(C)C)c(OS(C)(=O)=O)c1. The van der Waals surface area contributed by atoms with Gasteiger partial charge in [0, 0.05) is 10.6 Å². The number of benzene rings is 3. The van der Waals surface area contributed by atoms with Crippen molar-refractivity contribution in [3.8, 4) is 51.0 Å². The molecule has 3 aromatic rings. The highest BCUT2D eigenvalue weighted by atomic mass is 35.5. The van der Waals surface area contributed by atoms with Gasteiger partial charge < -0.3 is 22.6 Å². The van der Waals surface area contributed by atoms with Gasteiger partial charge in [-0.05, 0) is 61.4 Å². The van der Waals surface area contributed by atoms with Crippen molar-refractivity contribution in [1.82, 2.24) is 0 Å². The number of ether oxygens (including phenoxy) is 3. The highest BCUT2D eigenvalue weighted by Gasteiger charge is 2.27. The first-order valence-corrected chi connectivity index (χ1v) is 15.5. The molecule has 0 saturated carbocycles. The highest BCUT2D eigenvalue weighted by molar-refractivity contribution is 7.86. The molecule has 9 nitrogen and oxygen atoms in total. The molecule has 3 rings (SSSR count). The fourth-order valence-electron chi connectivity index (χ4n) is 3.64. The van der Waals surface area contributed by atoms with E-state index < -0.39 is 20.2 Å². The Hall–Kier alpha value is -3.41. The van der Waals surface area contributed by atoms with Crippen LogP contribution < -0.4 is 22.6 Å². The van der Waals surface area contributed by atoms with Crippen LogP contribution in [-0.4, -0.2) is 50.2 Å². The molecule has 0 amide bonds. The van der Waals surface area contributed by atoms with E-state index in [1.807, 2.05) is 19.9 Å². The standard InChI is InChI=1S/C27H29ClO9S2/c1-17(2)13-14-35-22-12-9-19(15-23(22)36-38(5,29)30)25-24(33-3)16-21(18-7-10-20(28)11-8-18)26(34-4)27(25)37-39(6,31)32/h7-13,15-16H,14H2,1-6H3. The molecule has 0 N–H and O–H groups in total. The molecule has 0 aliphatic heterocycles. The maximum atomic E-state index is 12.4. The Kier molecular flexibility index (Phi) is 9.42. The summed E-state index contributed by atoms with van der Waals surface area (Å²) in [4.78, 5) is 0. The third-order valence-electron chi connectivity index (χ3n) is 5.22. The molecule has 0 aromatic heterocycles. The zero-order valence-electron chi connectivity index (χ0n) is 22.3. The lowest BCUT2D eigenvalue weighted by Crippen LogP contribution is -2.10. The molecule has 0 heterocycles. The summed E-state index contributed by atoms with van der Waals surface area (Å²) >= 11 is 6.05. The van der Waals surface area contributed by atoms with Gasteiger partial charge >= 0.3 is 20.2 Å². The van der Waals surface area contributed by atoms with Crippen molar-refractivity contribution < 1.29 is 39.4 Å². The molecular weight excluding hydrogens is 568 g/mol. The first-order valence-electron chi connectivity index (χ1n) is 11.5. The Morgan fingerprint density at radius 2 is 1.38 bits per heavy atom. The van der Waals surface area contributed by atoms with Gasteiger partial charge in [0.1, 0.15) is 12.4 Å². The van der Waals surface area contributed by atoms with Crippen LogP contribution in [0.25, 0.3) is 22.3 Å². The normalized spacial score (nSPS) is 11.5. The number of hydrogen-bond acceptors (Lipinski definition) is 9. The van der Waals surface area contributed by atoms with E-state index in [4.69, 9.17) is 34.2 Å². The van der Waals surface area contributed by atoms with Crippen molar-refractivity contribution in [2.75, 3.05) is 33.3 Å². The van der Waals surface area contributed by atoms with Crippen molar-refractivity contribution in [2.45, 2.75) is 13.8 Å². The van der Waals surface area contributed by atoms with Gasteiger partial charge in [-0.25, -0.2) is 0 Å². The second-order valence-corrected chi connectivity index (χ2v) is 12.3.